The zero-order chi connectivity index (χ0) is 14.1. The molecule has 0 nitrogen and oxygen atoms in total. The molecule has 0 aromatic heterocycles. The van der Waals surface area contributed by atoms with Crippen LogP contribution in [-0.2, 0) is 0 Å². The maximum absolute atomic E-state index is 2.31. The molecule has 2 atom stereocenters. The molecule has 0 fully saturated rings. The van der Waals surface area contributed by atoms with Gasteiger partial charge in [0.05, 0.1) is 0 Å². The third kappa shape index (κ3) is 4.90. The molecule has 2 rings (SSSR count). The highest BCUT2D eigenvalue weighted by Gasteiger charge is 2.11. The lowest BCUT2D eigenvalue weighted by Gasteiger charge is -2.18. The van der Waals surface area contributed by atoms with Gasteiger partial charge >= 0.3 is 0 Å². The standard InChI is InChI=1S/C17H20.C2H6/c1-14(16-9-5-3-6-10-16)13-15(2)17-11-7-4-8-12-17;1-2/h3-12,14-15H,13H2,1-2H3;1-2H3. The Kier molecular flexibility index (Phi) is 6.95. The van der Waals surface area contributed by atoms with Gasteiger partial charge in [-0.3, -0.25) is 0 Å². The second-order valence-corrected chi connectivity index (χ2v) is 4.86. The Labute approximate surface area is 118 Å². The quantitative estimate of drug-likeness (QED) is 0.626. The lowest BCUT2D eigenvalue weighted by molar-refractivity contribution is 0.593. The van der Waals surface area contributed by atoms with Crippen LogP contribution in [0, 0.1) is 0 Å². The molecule has 0 heteroatoms. The lowest BCUT2D eigenvalue weighted by atomic mass is 9.87. The summed E-state index contributed by atoms with van der Waals surface area (Å²) in [6.07, 6.45) is 1.20. The van der Waals surface area contributed by atoms with Crippen molar-refractivity contribution in [3.63, 3.8) is 0 Å². The van der Waals surface area contributed by atoms with Crippen molar-refractivity contribution < 1.29 is 0 Å². The molecule has 0 radical (unpaired) electrons. The third-order valence-electron chi connectivity index (χ3n) is 3.44. The first kappa shape index (κ1) is 15.5. The fraction of sp³-hybridized carbons (Fsp3) is 0.368. The summed E-state index contributed by atoms with van der Waals surface area (Å²) < 4.78 is 0. The van der Waals surface area contributed by atoms with Crippen molar-refractivity contribution in [2.45, 2.75) is 46.0 Å². The average molecular weight is 254 g/mol. The molecular weight excluding hydrogens is 228 g/mol. The molecule has 0 heterocycles. The molecule has 2 unspecified atom stereocenters. The highest BCUT2D eigenvalue weighted by Crippen LogP contribution is 2.28. The van der Waals surface area contributed by atoms with Crippen molar-refractivity contribution in [3.8, 4) is 0 Å². The molecule has 0 amide bonds. The minimum absolute atomic E-state index is 0.617. The van der Waals surface area contributed by atoms with E-state index in [2.05, 4.69) is 74.5 Å². The summed E-state index contributed by atoms with van der Waals surface area (Å²) in [7, 11) is 0. The van der Waals surface area contributed by atoms with E-state index in [0.29, 0.717) is 11.8 Å². The number of hydrogen-bond donors (Lipinski definition) is 0. The number of benzene rings is 2. The molecule has 0 aliphatic carbocycles. The van der Waals surface area contributed by atoms with E-state index in [1.165, 1.54) is 17.5 Å². The number of hydrogen-bond acceptors (Lipinski definition) is 0. The summed E-state index contributed by atoms with van der Waals surface area (Å²) >= 11 is 0. The van der Waals surface area contributed by atoms with Crippen LogP contribution in [0.3, 0.4) is 0 Å². The van der Waals surface area contributed by atoms with E-state index in [4.69, 9.17) is 0 Å². The zero-order valence-electron chi connectivity index (χ0n) is 12.6. The van der Waals surface area contributed by atoms with Gasteiger partial charge in [0.25, 0.3) is 0 Å². The van der Waals surface area contributed by atoms with Crippen LogP contribution >= 0.6 is 0 Å². The first-order valence-corrected chi connectivity index (χ1v) is 7.37. The maximum atomic E-state index is 2.31. The molecule has 0 saturated heterocycles. The van der Waals surface area contributed by atoms with Gasteiger partial charge in [0.2, 0.25) is 0 Å². The van der Waals surface area contributed by atoms with Gasteiger partial charge < -0.3 is 0 Å². The van der Waals surface area contributed by atoms with E-state index in [9.17, 15) is 0 Å². The highest BCUT2D eigenvalue weighted by molar-refractivity contribution is 5.22. The summed E-state index contributed by atoms with van der Waals surface area (Å²) in [6, 6.07) is 21.6. The van der Waals surface area contributed by atoms with Gasteiger partial charge in [0, 0.05) is 0 Å². The largest absolute Gasteiger partial charge is 0.0683 e. The molecule has 0 saturated carbocycles. The van der Waals surface area contributed by atoms with Crippen LogP contribution in [0.15, 0.2) is 60.7 Å². The molecule has 19 heavy (non-hydrogen) atoms. The van der Waals surface area contributed by atoms with E-state index >= 15 is 0 Å². The second kappa shape index (κ2) is 8.53. The predicted molar refractivity (Wildman–Crippen MR) is 85.7 cm³/mol. The summed E-state index contributed by atoms with van der Waals surface area (Å²) in [6.45, 7) is 8.63. The fourth-order valence-corrected chi connectivity index (χ4v) is 2.37. The van der Waals surface area contributed by atoms with Crippen molar-refractivity contribution in [2.75, 3.05) is 0 Å². The zero-order valence-corrected chi connectivity index (χ0v) is 12.6. The predicted octanol–water partition coefficient (Wildman–Crippen LogP) is 6.01. The normalized spacial score (nSPS) is 13.1. The smallest absolute Gasteiger partial charge is 0.0185 e. The van der Waals surface area contributed by atoms with E-state index in [1.807, 2.05) is 13.8 Å². The summed E-state index contributed by atoms with van der Waals surface area (Å²) in [5.41, 5.74) is 2.88. The third-order valence-corrected chi connectivity index (χ3v) is 3.44. The first-order valence-electron chi connectivity index (χ1n) is 7.37. The van der Waals surface area contributed by atoms with Crippen LogP contribution in [0.25, 0.3) is 0 Å². The van der Waals surface area contributed by atoms with Gasteiger partial charge in [0.15, 0.2) is 0 Å². The summed E-state index contributed by atoms with van der Waals surface area (Å²) in [4.78, 5) is 0. The van der Waals surface area contributed by atoms with Crippen LogP contribution in [0.4, 0.5) is 0 Å². The molecule has 0 spiro atoms. The van der Waals surface area contributed by atoms with Gasteiger partial charge in [-0.05, 0) is 29.4 Å². The van der Waals surface area contributed by atoms with Gasteiger partial charge in [-0.15, -0.1) is 0 Å². The van der Waals surface area contributed by atoms with Crippen LogP contribution in [0.1, 0.15) is 57.1 Å². The van der Waals surface area contributed by atoms with Gasteiger partial charge in [0.1, 0.15) is 0 Å². The Morgan fingerprint density at radius 2 is 0.947 bits per heavy atom. The maximum Gasteiger partial charge on any atom is -0.0185 e. The first-order chi connectivity index (χ1) is 9.27. The highest BCUT2D eigenvalue weighted by atomic mass is 14.2. The van der Waals surface area contributed by atoms with Crippen LogP contribution in [0.2, 0.25) is 0 Å². The minimum atomic E-state index is 0.617. The van der Waals surface area contributed by atoms with Crippen LogP contribution in [-0.4, -0.2) is 0 Å². The molecule has 102 valence electrons. The van der Waals surface area contributed by atoms with Crippen molar-refractivity contribution in [2.24, 2.45) is 0 Å². The lowest BCUT2D eigenvalue weighted by Crippen LogP contribution is -2.00. The Morgan fingerprint density at radius 1 is 0.632 bits per heavy atom. The van der Waals surface area contributed by atoms with Gasteiger partial charge in [-0.1, -0.05) is 88.4 Å². The van der Waals surface area contributed by atoms with E-state index < -0.39 is 0 Å². The molecule has 2 aromatic rings. The molecule has 0 aliphatic rings. The fourth-order valence-electron chi connectivity index (χ4n) is 2.37. The van der Waals surface area contributed by atoms with Gasteiger partial charge in [-0.25, -0.2) is 0 Å². The average Bonchev–Trinajstić information content (AvgIpc) is 2.51. The Balaban J connectivity index is 0.000000861. The van der Waals surface area contributed by atoms with Crippen molar-refractivity contribution in [3.05, 3.63) is 71.8 Å². The Bertz CT molecular complexity index is 387. The molecule has 2 aromatic carbocycles. The SMILES string of the molecule is CC.CC(CC(C)c1ccccc1)c1ccccc1. The monoisotopic (exact) mass is 254 g/mol. The number of rotatable bonds is 4. The minimum Gasteiger partial charge on any atom is -0.0683 e. The summed E-state index contributed by atoms with van der Waals surface area (Å²) in [5.74, 6) is 1.23. The molecular formula is C19H26. The van der Waals surface area contributed by atoms with E-state index in [-0.39, 0.29) is 0 Å². The molecule has 0 N–H and O–H groups in total. The van der Waals surface area contributed by atoms with Crippen molar-refractivity contribution in [1.29, 1.82) is 0 Å². The van der Waals surface area contributed by atoms with Crippen molar-refractivity contribution >= 4 is 0 Å². The van der Waals surface area contributed by atoms with Crippen LogP contribution < -0.4 is 0 Å². The molecule has 0 bridgehead atoms. The second-order valence-electron chi connectivity index (χ2n) is 4.86. The van der Waals surface area contributed by atoms with Gasteiger partial charge in [-0.2, -0.15) is 0 Å². The van der Waals surface area contributed by atoms with Crippen molar-refractivity contribution in [1.82, 2.24) is 0 Å². The summed E-state index contributed by atoms with van der Waals surface area (Å²) in [5, 5.41) is 0. The Hall–Kier alpha value is -1.56. The van der Waals surface area contributed by atoms with E-state index in [1.54, 1.807) is 0 Å². The Morgan fingerprint density at radius 3 is 1.26 bits per heavy atom. The van der Waals surface area contributed by atoms with E-state index in [0.717, 1.165) is 0 Å². The molecule has 0 aliphatic heterocycles. The topological polar surface area (TPSA) is 0 Å². The van der Waals surface area contributed by atoms with Crippen LogP contribution in [0.5, 0.6) is 0 Å².